The van der Waals surface area contributed by atoms with Gasteiger partial charge in [-0.25, -0.2) is 9.59 Å². The number of fused-ring (bicyclic) bond motifs is 1. The molecule has 4 N–H and O–H groups in total. The quantitative estimate of drug-likeness (QED) is 0.216. The zero-order valence-corrected chi connectivity index (χ0v) is 15.7. The van der Waals surface area contributed by atoms with E-state index in [-0.39, 0.29) is 10.6 Å². The monoisotopic (exact) mass is 399 g/mol. The Morgan fingerprint density at radius 2 is 1.79 bits per heavy atom. The van der Waals surface area contributed by atoms with E-state index in [9.17, 15) is 10.1 Å². The fraction of sp³-hybridized carbons (Fsp3) is 0.200. The molecule has 0 fully saturated rings. The van der Waals surface area contributed by atoms with E-state index in [0.717, 1.165) is 18.5 Å². The van der Waals surface area contributed by atoms with Gasteiger partial charge in [-0.2, -0.15) is 0 Å². The summed E-state index contributed by atoms with van der Waals surface area (Å²) in [6, 6.07) is 15.0. The number of hydrogen-bond acceptors (Lipinski definition) is 5. The molecule has 0 aliphatic rings. The summed E-state index contributed by atoms with van der Waals surface area (Å²) in [5.74, 6) is -3.65. The van der Waals surface area contributed by atoms with Gasteiger partial charge >= 0.3 is 11.9 Å². The van der Waals surface area contributed by atoms with Crippen LogP contribution in [0.3, 0.4) is 0 Å². The van der Waals surface area contributed by atoms with Crippen LogP contribution in [0.2, 0.25) is 0 Å². The summed E-state index contributed by atoms with van der Waals surface area (Å²) >= 11 is 0. The number of carbonyl (C=O) groups is 2. The van der Waals surface area contributed by atoms with Crippen molar-refractivity contribution in [2.24, 2.45) is 0 Å². The highest BCUT2D eigenvalue weighted by atomic mass is 16.6. The van der Waals surface area contributed by atoms with Gasteiger partial charge in [0.25, 0.3) is 5.69 Å². The van der Waals surface area contributed by atoms with E-state index in [2.05, 4.69) is 35.4 Å². The number of H-pyrrole nitrogens is 1. The lowest BCUT2D eigenvalue weighted by atomic mass is 10.1. The molecular formula is C20H21N3O6. The van der Waals surface area contributed by atoms with Gasteiger partial charge in [-0.05, 0) is 37.1 Å². The number of benzene rings is 2. The van der Waals surface area contributed by atoms with Gasteiger partial charge in [-0.1, -0.05) is 30.3 Å². The highest BCUT2D eigenvalue weighted by Gasteiger charge is 2.08. The number of rotatable bonds is 6. The summed E-state index contributed by atoms with van der Waals surface area (Å²) in [4.78, 5) is 32.0. The fourth-order valence-electron chi connectivity index (χ4n) is 2.88. The molecule has 0 unspecified atom stereocenters. The zero-order valence-electron chi connectivity index (χ0n) is 15.7. The maximum Gasteiger partial charge on any atom is 0.414 e. The molecule has 1 aromatic heterocycles. The van der Waals surface area contributed by atoms with Gasteiger partial charge in [0.1, 0.15) is 0 Å². The second-order valence-corrected chi connectivity index (χ2v) is 6.24. The van der Waals surface area contributed by atoms with Crippen molar-refractivity contribution < 1.29 is 24.7 Å². The first-order valence-corrected chi connectivity index (χ1v) is 8.76. The summed E-state index contributed by atoms with van der Waals surface area (Å²) < 4.78 is 0. The Morgan fingerprint density at radius 3 is 2.45 bits per heavy atom. The van der Waals surface area contributed by atoms with Gasteiger partial charge in [-0.3, -0.25) is 10.1 Å². The number of nitrogens with zero attached hydrogens (tertiary/aromatic N) is 1. The van der Waals surface area contributed by atoms with Gasteiger partial charge in [-0.15, -0.1) is 0 Å². The van der Waals surface area contributed by atoms with Crippen molar-refractivity contribution in [2.45, 2.75) is 19.9 Å². The SMILES string of the molecule is Cc1[nH]c2ccccc2c1CCNCc1cccc([N+](=O)[O-])c1.O=C(O)C(=O)O. The third-order valence-electron chi connectivity index (χ3n) is 4.21. The zero-order chi connectivity index (χ0) is 21.4. The normalized spacial score (nSPS) is 10.2. The Morgan fingerprint density at radius 1 is 1.10 bits per heavy atom. The van der Waals surface area contributed by atoms with E-state index in [0.29, 0.717) is 6.54 Å². The van der Waals surface area contributed by atoms with Crippen molar-refractivity contribution in [1.82, 2.24) is 10.3 Å². The van der Waals surface area contributed by atoms with Gasteiger partial charge in [0.2, 0.25) is 0 Å². The van der Waals surface area contributed by atoms with Gasteiger partial charge in [0.15, 0.2) is 0 Å². The molecule has 0 saturated heterocycles. The molecule has 0 amide bonds. The lowest BCUT2D eigenvalue weighted by Crippen LogP contribution is -2.17. The van der Waals surface area contributed by atoms with Crippen LogP contribution < -0.4 is 5.32 Å². The number of para-hydroxylation sites is 1. The molecule has 29 heavy (non-hydrogen) atoms. The van der Waals surface area contributed by atoms with Gasteiger partial charge < -0.3 is 20.5 Å². The van der Waals surface area contributed by atoms with Crippen LogP contribution >= 0.6 is 0 Å². The largest absolute Gasteiger partial charge is 0.473 e. The molecule has 0 spiro atoms. The molecule has 0 radical (unpaired) electrons. The average Bonchev–Trinajstić information content (AvgIpc) is 3.01. The molecule has 1 heterocycles. The number of nitro benzene ring substituents is 1. The van der Waals surface area contributed by atoms with Crippen molar-refractivity contribution >= 4 is 28.5 Å². The first-order valence-electron chi connectivity index (χ1n) is 8.76. The summed E-state index contributed by atoms with van der Waals surface area (Å²) in [6.07, 6.45) is 0.921. The molecule has 0 aliphatic heterocycles. The highest BCUT2D eigenvalue weighted by molar-refractivity contribution is 6.27. The Balaban J connectivity index is 0.000000438. The molecule has 0 saturated carbocycles. The summed E-state index contributed by atoms with van der Waals surface area (Å²) in [5, 5.41) is 30.2. The predicted molar refractivity (Wildman–Crippen MR) is 107 cm³/mol. The third kappa shape index (κ3) is 6.15. The average molecular weight is 399 g/mol. The van der Waals surface area contributed by atoms with E-state index in [4.69, 9.17) is 19.8 Å². The molecule has 3 aromatic rings. The van der Waals surface area contributed by atoms with Crippen LogP contribution in [0.4, 0.5) is 5.69 Å². The van der Waals surface area contributed by atoms with Crippen LogP contribution in [0.15, 0.2) is 48.5 Å². The number of nitro groups is 1. The Kier molecular flexibility index (Phi) is 7.44. The van der Waals surface area contributed by atoms with E-state index in [1.807, 2.05) is 12.1 Å². The molecule has 2 aromatic carbocycles. The van der Waals surface area contributed by atoms with E-state index in [1.54, 1.807) is 12.1 Å². The van der Waals surface area contributed by atoms with E-state index < -0.39 is 11.9 Å². The van der Waals surface area contributed by atoms with E-state index >= 15 is 0 Å². The minimum absolute atomic E-state index is 0.136. The minimum atomic E-state index is -1.82. The Labute approximate surface area is 166 Å². The van der Waals surface area contributed by atoms with Gasteiger partial charge in [0.05, 0.1) is 4.92 Å². The first kappa shape index (κ1) is 21.6. The van der Waals surface area contributed by atoms with Crippen LogP contribution in [0.25, 0.3) is 10.9 Å². The molecule has 9 heteroatoms. The number of aryl methyl sites for hydroxylation is 1. The number of non-ortho nitro benzene ring substituents is 1. The van der Waals surface area contributed by atoms with Crippen LogP contribution in [0.1, 0.15) is 16.8 Å². The maximum absolute atomic E-state index is 10.8. The first-order chi connectivity index (χ1) is 13.8. The molecule has 0 bridgehead atoms. The molecule has 152 valence electrons. The summed E-state index contributed by atoms with van der Waals surface area (Å²) in [6.45, 7) is 3.55. The number of carboxylic acids is 2. The summed E-state index contributed by atoms with van der Waals surface area (Å²) in [5.41, 5.74) is 4.75. The van der Waals surface area contributed by atoms with Crippen molar-refractivity contribution in [3.05, 3.63) is 75.5 Å². The maximum atomic E-state index is 10.8. The second-order valence-electron chi connectivity index (χ2n) is 6.24. The van der Waals surface area contributed by atoms with Crippen molar-refractivity contribution in [2.75, 3.05) is 6.54 Å². The van der Waals surface area contributed by atoms with Crippen LogP contribution in [-0.4, -0.2) is 38.6 Å². The van der Waals surface area contributed by atoms with Crippen molar-refractivity contribution in [1.29, 1.82) is 0 Å². The van der Waals surface area contributed by atoms with E-state index in [1.165, 1.54) is 28.2 Å². The molecule has 3 rings (SSSR count). The standard InChI is InChI=1S/C18H19N3O2.C2H2O4/c1-13-16(17-7-2-3-8-18(17)20-13)9-10-19-12-14-5-4-6-15(11-14)21(22)23;3-1(4)2(5)6/h2-8,11,19-20H,9-10,12H2,1H3;(H,3,4)(H,5,6). The number of carboxylic acid groups (broad SMARTS) is 2. The van der Waals surface area contributed by atoms with Gasteiger partial charge in [0, 0.05) is 35.3 Å². The number of nitrogens with one attached hydrogen (secondary N) is 2. The lowest BCUT2D eigenvalue weighted by Gasteiger charge is -2.06. The number of hydrogen-bond donors (Lipinski definition) is 4. The van der Waals surface area contributed by atoms with Crippen molar-refractivity contribution in [3.8, 4) is 0 Å². The van der Waals surface area contributed by atoms with Crippen molar-refractivity contribution in [3.63, 3.8) is 0 Å². The lowest BCUT2D eigenvalue weighted by molar-refractivity contribution is -0.384. The smallest absolute Gasteiger partial charge is 0.414 e. The highest BCUT2D eigenvalue weighted by Crippen LogP contribution is 2.22. The second kappa shape index (κ2) is 10.00. The topological polar surface area (TPSA) is 146 Å². The predicted octanol–water partition coefficient (Wildman–Crippen LogP) is 2.87. The molecule has 9 nitrogen and oxygen atoms in total. The Bertz CT molecular complexity index is 1020. The fourth-order valence-corrected chi connectivity index (χ4v) is 2.88. The molecular weight excluding hydrogens is 378 g/mol. The number of aromatic nitrogens is 1. The number of aromatic amines is 1. The van der Waals surface area contributed by atoms with Crippen LogP contribution in [-0.2, 0) is 22.6 Å². The summed E-state index contributed by atoms with van der Waals surface area (Å²) in [7, 11) is 0. The third-order valence-corrected chi connectivity index (χ3v) is 4.21. The molecule has 0 atom stereocenters. The number of aliphatic carboxylic acids is 2. The van der Waals surface area contributed by atoms with Crippen LogP contribution in [0.5, 0.6) is 0 Å². The molecule has 0 aliphatic carbocycles. The van der Waals surface area contributed by atoms with Crippen LogP contribution in [0, 0.1) is 17.0 Å². The minimum Gasteiger partial charge on any atom is -0.473 e. The Hall–Kier alpha value is -3.72.